The molecule has 0 spiro atoms. The Morgan fingerprint density at radius 3 is 2.59 bits per heavy atom. The molecule has 0 fully saturated rings. The molecular formula is C22H24N4O3. The molecule has 0 atom stereocenters. The Morgan fingerprint density at radius 2 is 1.86 bits per heavy atom. The zero-order valence-electron chi connectivity index (χ0n) is 16.6. The molecule has 29 heavy (non-hydrogen) atoms. The summed E-state index contributed by atoms with van der Waals surface area (Å²) in [6.07, 6.45) is 4.90. The van der Waals surface area contributed by atoms with Crippen molar-refractivity contribution in [3.05, 3.63) is 70.1 Å². The standard InChI is InChI=1S/C22H24N4O3/c1-3-4-7-14-29-17-12-10-16(11-13-17)15-23-24-21(27)20-18-8-5-6-9-19(18)22(28)26(2)25-20/h5-6,8-13,15H,3-4,7,14H2,1-2H3,(H,24,27)/b23-15-. The molecular weight excluding hydrogens is 368 g/mol. The summed E-state index contributed by atoms with van der Waals surface area (Å²) in [5.41, 5.74) is 3.19. The molecule has 0 saturated carbocycles. The summed E-state index contributed by atoms with van der Waals surface area (Å²) >= 11 is 0. The number of nitrogens with one attached hydrogen (secondary N) is 1. The molecule has 0 radical (unpaired) electrons. The summed E-state index contributed by atoms with van der Waals surface area (Å²) in [5.74, 6) is 0.326. The predicted octanol–water partition coefficient (Wildman–Crippen LogP) is 3.27. The first-order valence-corrected chi connectivity index (χ1v) is 9.62. The van der Waals surface area contributed by atoms with Gasteiger partial charge in [-0.25, -0.2) is 10.1 Å². The number of aryl methyl sites for hydroxylation is 1. The fraction of sp³-hybridized carbons (Fsp3) is 0.273. The molecule has 0 unspecified atom stereocenters. The maximum atomic E-state index is 12.5. The van der Waals surface area contributed by atoms with E-state index in [-0.39, 0.29) is 11.3 Å². The van der Waals surface area contributed by atoms with Gasteiger partial charge in [-0.05, 0) is 42.3 Å². The molecule has 3 rings (SSSR count). The normalized spacial score (nSPS) is 11.1. The van der Waals surface area contributed by atoms with Crippen LogP contribution in [-0.2, 0) is 7.05 Å². The highest BCUT2D eigenvalue weighted by Crippen LogP contribution is 2.13. The summed E-state index contributed by atoms with van der Waals surface area (Å²) < 4.78 is 6.83. The van der Waals surface area contributed by atoms with Gasteiger partial charge in [0, 0.05) is 12.4 Å². The minimum atomic E-state index is -0.482. The van der Waals surface area contributed by atoms with Gasteiger partial charge >= 0.3 is 0 Å². The molecule has 1 N–H and O–H groups in total. The first-order chi connectivity index (χ1) is 14.1. The molecule has 1 heterocycles. The molecule has 7 nitrogen and oxygen atoms in total. The van der Waals surface area contributed by atoms with Crippen molar-refractivity contribution in [3.63, 3.8) is 0 Å². The minimum Gasteiger partial charge on any atom is -0.494 e. The summed E-state index contributed by atoms with van der Waals surface area (Å²) in [6.45, 7) is 2.86. The number of carbonyl (C=O) groups is 1. The third kappa shape index (κ3) is 5.07. The minimum absolute atomic E-state index is 0.149. The Morgan fingerprint density at radius 1 is 1.14 bits per heavy atom. The van der Waals surface area contributed by atoms with Crippen molar-refractivity contribution >= 4 is 22.9 Å². The van der Waals surface area contributed by atoms with Crippen LogP contribution < -0.4 is 15.7 Å². The smallest absolute Gasteiger partial charge is 0.292 e. The van der Waals surface area contributed by atoms with E-state index >= 15 is 0 Å². The third-order valence-corrected chi connectivity index (χ3v) is 4.45. The number of hydrogen-bond donors (Lipinski definition) is 1. The van der Waals surface area contributed by atoms with Crippen LogP contribution in [0.2, 0.25) is 0 Å². The first kappa shape index (κ1) is 20.3. The van der Waals surface area contributed by atoms with Crippen LogP contribution in [0.4, 0.5) is 0 Å². The molecule has 1 amide bonds. The van der Waals surface area contributed by atoms with Crippen LogP contribution in [-0.4, -0.2) is 28.5 Å². The predicted molar refractivity (Wildman–Crippen MR) is 114 cm³/mol. The Kier molecular flexibility index (Phi) is 6.73. The van der Waals surface area contributed by atoms with Gasteiger partial charge in [-0.3, -0.25) is 9.59 Å². The van der Waals surface area contributed by atoms with Gasteiger partial charge in [-0.15, -0.1) is 0 Å². The average molecular weight is 392 g/mol. The zero-order chi connectivity index (χ0) is 20.6. The van der Waals surface area contributed by atoms with Gasteiger partial charge in [0.25, 0.3) is 11.5 Å². The quantitative estimate of drug-likeness (QED) is 0.362. The number of nitrogens with zero attached hydrogens (tertiary/aromatic N) is 3. The van der Waals surface area contributed by atoms with Crippen molar-refractivity contribution in [2.75, 3.05) is 6.61 Å². The Hall–Kier alpha value is -3.48. The number of benzene rings is 2. The van der Waals surface area contributed by atoms with E-state index in [2.05, 4.69) is 22.5 Å². The fourth-order valence-electron chi connectivity index (χ4n) is 2.88. The number of carbonyl (C=O) groups excluding carboxylic acids is 1. The number of aromatic nitrogens is 2. The second-order valence-corrected chi connectivity index (χ2v) is 6.65. The van der Waals surface area contributed by atoms with Crippen LogP contribution in [0.3, 0.4) is 0 Å². The highest BCUT2D eigenvalue weighted by molar-refractivity contribution is 6.04. The highest BCUT2D eigenvalue weighted by atomic mass is 16.5. The molecule has 3 aromatic rings. The topological polar surface area (TPSA) is 85.6 Å². The second kappa shape index (κ2) is 9.64. The fourth-order valence-corrected chi connectivity index (χ4v) is 2.88. The van der Waals surface area contributed by atoms with Gasteiger partial charge < -0.3 is 4.74 Å². The van der Waals surface area contributed by atoms with Crippen LogP contribution in [0.5, 0.6) is 5.75 Å². The van der Waals surface area contributed by atoms with Crippen molar-refractivity contribution in [3.8, 4) is 5.75 Å². The Bertz CT molecular complexity index is 1070. The summed E-state index contributed by atoms with van der Waals surface area (Å²) in [7, 11) is 1.51. The molecule has 0 aliphatic carbocycles. The van der Waals surface area contributed by atoms with E-state index in [0.29, 0.717) is 17.4 Å². The monoisotopic (exact) mass is 392 g/mol. The summed E-state index contributed by atoms with van der Waals surface area (Å²) in [6, 6.07) is 14.4. The van der Waals surface area contributed by atoms with E-state index in [1.165, 1.54) is 7.05 Å². The van der Waals surface area contributed by atoms with E-state index in [0.717, 1.165) is 35.3 Å². The van der Waals surface area contributed by atoms with E-state index < -0.39 is 5.91 Å². The van der Waals surface area contributed by atoms with Crippen LogP contribution >= 0.6 is 0 Å². The zero-order valence-corrected chi connectivity index (χ0v) is 16.6. The van der Waals surface area contributed by atoms with Gasteiger partial charge in [-0.2, -0.15) is 10.2 Å². The number of hydrogen-bond acceptors (Lipinski definition) is 5. The molecule has 0 bridgehead atoms. The molecule has 1 aromatic heterocycles. The third-order valence-electron chi connectivity index (χ3n) is 4.45. The van der Waals surface area contributed by atoms with Gasteiger partial charge in [0.2, 0.25) is 0 Å². The van der Waals surface area contributed by atoms with E-state index in [1.54, 1.807) is 30.5 Å². The SMILES string of the molecule is CCCCCOc1ccc(/C=N\NC(=O)c2nn(C)c(=O)c3ccccc23)cc1. The lowest BCUT2D eigenvalue weighted by atomic mass is 10.1. The van der Waals surface area contributed by atoms with Gasteiger partial charge in [0.15, 0.2) is 5.69 Å². The molecule has 2 aromatic carbocycles. The summed E-state index contributed by atoms with van der Waals surface area (Å²) in [4.78, 5) is 24.7. The highest BCUT2D eigenvalue weighted by Gasteiger charge is 2.14. The van der Waals surface area contributed by atoms with E-state index in [4.69, 9.17) is 4.74 Å². The molecule has 0 saturated heterocycles. The largest absolute Gasteiger partial charge is 0.494 e. The molecule has 7 heteroatoms. The lowest BCUT2D eigenvalue weighted by molar-refractivity contribution is 0.0950. The second-order valence-electron chi connectivity index (χ2n) is 6.65. The van der Waals surface area contributed by atoms with Crippen molar-refractivity contribution in [1.82, 2.24) is 15.2 Å². The Balaban J connectivity index is 1.65. The van der Waals surface area contributed by atoms with E-state index in [1.807, 2.05) is 24.3 Å². The van der Waals surface area contributed by atoms with Crippen molar-refractivity contribution in [2.24, 2.45) is 12.1 Å². The average Bonchev–Trinajstić information content (AvgIpc) is 2.75. The van der Waals surface area contributed by atoms with Crippen molar-refractivity contribution < 1.29 is 9.53 Å². The number of ether oxygens (including phenoxy) is 1. The van der Waals surface area contributed by atoms with Gasteiger partial charge in [0.1, 0.15) is 5.75 Å². The van der Waals surface area contributed by atoms with Crippen molar-refractivity contribution in [2.45, 2.75) is 26.2 Å². The van der Waals surface area contributed by atoms with Gasteiger partial charge in [-0.1, -0.05) is 38.0 Å². The Labute approximate surface area is 169 Å². The van der Waals surface area contributed by atoms with Crippen LogP contribution in [0.1, 0.15) is 42.2 Å². The number of unbranched alkanes of at least 4 members (excludes halogenated alkanes) is 2. The van der Waals surface area contributed by atoms with Crippen molar-refractivity contribution in [1.29, 1.82) is 0 Å². The number of rotatable bonds is 8. The maximum Gasteiger partial charge on any atom is 0.292 e. The lowest BCUT2D eigenvalue weighted by Crippen LogP contribution is -2.27. The number of amides is 1. The number of fused-ring (bicyclic) bond motifs is 1. The first-order valence-electron chi connectivity index (χ1n) is 9.62. The summed E-state index contributed by atoms with van der Waals surface area (Å²) in [5, 5.41) is 9.01. The van der Waals surface area contributed by atoms with E-state index in [9.17, 15) is 9.59 Å². The maximum absolute atomic E-state index is 12.5. The number of hydrazone groups is 1. The van der Waals surface area contributed by atoms with Crippen LogP contribution in [0.25, 0.3) is 10.8 Å². The molecule has 0 aliphatic heterocycles. The lowest BCUT2D eigenvalue weighted by Gasteiger charge is -2.07. The van der Waals surface area contributed by atoms with Crippen LogP contribution in [0, 0.1) is 0 Å². The van der Waals surface area contributed by atoms with Gasteiger partial charge in [0.05, 0.1) is 18.2 Å². The molecule has 0 aliphatic rings. The molecule has 150 valence electrons. The van der Waals surface area contributed by atoms with Crippen LogP contribution in [0.15, 0.2) is 58.4 Å².